The Morgan fingerprint density at radius 2 is 2.31 bits per heavy atom. The molecule has 0 aromatic carbocycles. The second-order valence-corrected chi connectivity index (χ2v) is 4.24. The molecule has 0 saturated heterocycles. The SMILES string of the molecule is CCc1nc2scc(C(=O)O)c2c(=O)n1C. The van der Waals surface area contributed by atoms with E-state index in [9.17, 15) is 9.59 Å². The van der Waals surface area contributed by atoms with Gasteiger partial charge in [-0.05, 0) is 0 Å². The average molecular weight is 238 g/mol. The van der Waals surface area contributed by atoms with Crippen LogP contribution >= 0.6 is 11.3 Å². The molecular formula is C10H10N2O3S. The molecule has 5 nitrogen and oxygen atoms in total. The van der Waals surface area contributed by atoms with E-state index in [2.05, 4.69) is 4.98 Å². The van der Waals surface area contributed by atoms with Crippen molar-refractivity contribution < 1.29 is 9.90 Å². The van der Waals surface area contributed by atoms with Crippen molar-refractivity contribution in [2.75, 3.05) is 0 Å². The molecule has 0 aliphatic heterocycles. The Morgan fingerprint density at radius 1 is 1.62 bits per heavy atom. The van der Waals surface area contributed by atoms with Crippen LogP contribution in [-0.4, -0.2) is 20.6 Å². The van der Waals surface area contributed by atoms with Crippen LogP contribution in [0.15, 0.2) is 10.2 Å². The molecule has 6 heteroatoms. The molecule has 1 N–H and O–H groups in total. The maximum Gasteiger partial charge on any atom is 0.337 e. The number of thiophene rings is 1. The Morgan fingerprint density at radius 3 is 2.88 bits per heavy atom. The molecule has 0 unspecified atom stereocenters. The molecule has 2 rings (SSSR count). The predicted octanol–water partition coefficient (Wildman–Crippen LogP) is 1.26. The van der Waals surface area contributed by atoms with Crippen LogP contribution in [0.1, 0.15) is 23.1 Å². The first kappa shape index (κ1) is 10.8. The topological polar surface area (TPSA) is 72.2 Å². The summed E-state index contributed by atoms with van der Waals surface area (Å²) in [6.07, 6.45) is 0.641. The van der Waals surface area contributed by atoms with Crippen molar-refractivity contribution in [2.24, 2.45) is 7.05 Å². The van der Waals surface area contributed by atoms with Gasteiger partial charge in [0.1, 0.15) is 10.7 Å². The minimum atomic E-state index is -1.09. The molecule has 2 heterocycles. The van der Waals surface area contributed by atoms with Crippen LogP contribution in [0.25, 0.3) is 10.2 Å². The lowest BCUT2D eigenvalue weighted by atomic mass is 10.2. The fraction of sp³-hybridized carbons (Fsp3) is 0.300. The Hall–Kier alpha value is -1.69. The molecule has 0 spiro atoms. The van der Waals surface area contributed by atoms with Gasteiger partial charge in [0.05, 0.1) is 10.9 Å². The summed E-state index contributed by atoms with van der Waals surface area (Å²) in [6, 6.07) is 0. The van der Waals surface area contributed by atoms with Crippen LogP contribution in [0.4, 0.5) is 0 Å². The highest BCUT2D eigenvalue weighted by Crippen LogP contribution is 2.21. The van der Waals surface area contributed by atoms with Crippen LogP contribution < -0.4 is 5.56 Å². The van der Waals surface area contributed by atoms with Gasteiger partial charge in [-0.25, -0.2) is 9.78 Å². The van der Waals surface area contributed by atoms with Crippen LogP contribution in [0.2, 0.25) is 0 Å². The molecule has 0 aliphatic rings. The Balaban J connectivity index is 2.91. The molecular weight excluding hydrogens is 228 g/mol. The summed E-state index contributed by atoms with van der Waals surface area (Å²) in [5.74, 6) is -0.425. The fourth-order valence-corrected chi connectivity index (χ4v) is 2.51. The van der Waals surface area contributed by atoms with Crippen molar-refractivity contribution in [3.63, 3.8) is 0 Å². The van der Waals surface area contributed by atoms with Gasteiger partial charge in [-0.3, -0.25) is 9.36 Å². The van der Waals surface area contributed by atoms with Crippen LogP contribution in [0.5, 0.6) is 0 Å². The number of hydrogen-bond acceptors (Lipinski definition) is 4. The molecule has 0 bridgehead atoms. The third-order valence-electron chi connectivity index (χ3n) is 2.45. The van der Waals surface area contributed by atoms with Gasteiger partial charge >= 0.3 is 5.97 Å². The highest BCUT2D eigenvalue weighted by molar-refractivity contribution is 7.17. The van der Waals surface area contributed by atoms with Crippen molar-refractivity contribution in [3.05, 3.63) is 27.1 Å². The van der Waals surface area contributed by atoms with Crippen molar-refractivity contribution in [1.29, 1.82) is 0 Å². The van der Waals surface area contributed by atoms with Gasteiger partial charge in [-0.1, -0.05) is 6.92 Å². The zero-order valence-electron chi connectivity index (χ0n) is 8.85. The van der Waals surface area contributed by atoms with E-state index in [1.807, 2.05) is 6.92 Å². The van der Waals surface area contributed by atoms with Crippen LogP contribution in [0.3, 0.4) is 0 Å². The standard InChI is InChI=1S/C10H10N2O3S/c1-3-6-11-8-7(9(13)12(6)2)5(4-16-8)10(14)15/h4H,3H2,1-2H3,(H,14,15). The summed E-state index contributed by atoms with van der Waals surface area (Å²) in [5.41, 5.74) is -0.253. The normalized spacial score (nSPS) is 10.9. The zero-order valence-corrected chi connectivity index (χ0v) is 9.67. The van der Waals surface area contributed by atoms with E-state index in [4.69, 9.17) is 5.11 Å². The Kier molecular flexibility index (Phi) is 2.51. The number of carboxylic acid groups (broad SMARTS) is 1. The third kappa shape index (κ3) is 1.42. The highest BCUT2D eigenvalue weighted by atomic mass is 32.1. The van der Waals surface area contributed by atoms with Gasteiger partial charge < -0.3 is 5.11 Å². The minimum Gasteiger partial charge on any atom is -0.478 e. The second kappa shape index (κ2) is 3.71. The van der Waals surface area contributed by atoms with Gasteiger partial charge in [-0.15, -0.1) is 11.3 Å². The lowest BCUT2D eigenvalue weighted by molar-refractivity contribution is 0.0699. The van der Waals surface area contributed by atoms with E-state index >= 15 is 0 Å². The van der Waals surface area contributed by atoms with Crippen molar-refractivity contribution >= 4 is 27.5 Å². The average Bonchev–Trinajstić information content (AvgIpc) is 2.67. The second-order valence-electron chi connectivity index (χ2n) is 3.38. The quantitative estimate of drug-likeness (QED) is 0.854. The zero-order chi connectivity index (χ0) is 11.9. The Bertz CT molecular complexity index is 627. The fourth-order valence-electron chi connectivity index (χ4n) is 1.59. The predicted molar refractivity (Wildman–Crippen MR) is 61.2 cm³/mol. The molecule has 0 radical (unpaired) electrons. The number of rotatable bonds is 2. The smallest absolute Gasteiger partial charge is 0.337 e. The first-order valence-corrected chi connectivity index (χ1v) is 5.64. The van der Waals surface area contributed by atoms with E-state index in [1.165, 1.54) is 21.3 Å². The first-order chi connectivity index (χ1) is 7.56. The number of carboxylic acids is 1. The summed E-state index contributed by atoms with van der Waals surface area (Å²) in [6.45, 7) is 1.90. The monoisotopic (exact) mass is 238 g/mol. The molecule has 0 fully saturated rings. The van der Waals surface area contributed by atoms with E-state index in [-0.39, 0.29) is 16.5 Å². The number of aryl methyl sites for hydroxylation is 1. The summed E-state index contributed by atoms with van der Waals surface area (Å²) in [7, 11) is 1.61. The molecule has 2 aromatic rings. The highest BCUT2D eigenvalue weighted by Gasteiger charge is 2.17. The molecule has 2 aromatic heterocycles. The molecule has 84 valence electrons. The number of aromatic carboxylic acids is 1. The molecule has 0 aliphatic carbocycles. The first-order valence-electron chi connectivity index (χ1n) is 4.76. The van der Waals surface area contributed by atoms with E-state index in [1.54, 1.807) is 7.05 Å². The molecule has 0 amide bonds. The van der Waals surface area contributed by atoms with Gasteiger partial charge in [0.2, 0.25) is 0 Å². The molecule has 16 heavy (non-hydrogen) atoms. The largest absolute Gasteiger partial charge is 0.478 e. The molecule has 0 saturated carbocycles. The minimum absolute atomic E-state index is 0.0377. The van der Waals surface area contributed by atoms with Crippen molar-refractivity contribution in [3.8, 4) is 0 Å². The van der Waals surface area contributed by atoms with Crippen molar-refractivity contribution in [2.45, 2.75) is 13.3 Å². The summed E-state index contributed by atoms with van der Waals surface area (Å²) in [5, 5.41) is 10.6. The lowest BCUT2D eigenvalue weighted by Gasteiger charge is -2.04. The Labute approximate surface area is 95.0 Å². The number of fused-ring (bicyclic) bond motifs is 1. The van der Waals surface area contributed by atoms with Crippen LogP contribution in [-0.2, 0) is 13.5 Å². The lowest BCUT2D eigenvalue weighted by Crippen LogP contribution is -2.22. The summed E-state index contributed by atoms with van der Waals surface area (Å²) < 4.78 is 1.40. The van der Waals surface area contributed by atoms with E-state index < -0.39 is 5.97 Å². The maximum atomic E-state index is 12.0. The maximum absolute atomic E-state index is 12.0. The van der Waals surface area contributed by atoms with Gasteiger partial charge in [0.15, 0.2) is 0 Å². The number of carbonyl (C=O) groups is 1. The van der Waals surface area contributed by atoms with E-state index in [0.717, 1.165) is 0 Å². The van der Waals surface area contributed by atoms with Gasteiger partial charge in [0.25, 0.3) is 5.56 Å². The number of nitrogens with zero attached hydrogens (tertiary/aromatic N) is 2. The molecule has 0 atom stereocenters. The number of aromatic nitrogens is 2. The third-order valence-corrected chi connectivity index (χ3v) is 3.33. The van der Waals surface area contributed by atoms with Crippen LogP contribution in [0, 0.1) is 0 Å². The van der Waals surface area contributed by atoms with Crippen molar-refractivity contribution in [1.82, 2.24) is 9.55 Å². The van der Waals surface area contributed by atoms with Gasteiger partial charge in [0, 0.05) is 18.8 Å². The van der Waals surface area contributed by atoms with Gasteiger partial charge in [-0.2, -0.15) is 0 Å². The van der Waals surface area contributed by atoms with E-state index in [0.29, 0.717) is 17.1 Å². The summed E-state index contributed by atoms with van der Waals surface area (Å²) >= 11 is 1.19. The number of hydrogen-bond donors (Lipinski definition) is 1. The summed E-state index contributed by atoms with van der Waals surface area (Å²) in [4.78, 5) is 27.7.